The van der Waals surface area contributed by atoms with Crippen LogP contribution in [0.5, 0.6) is 11.5 Å². The standard InChI is InChI=1S/C14H22N2O5S/c1-19-12-3-4-13(20-2)14(7-12)22(17,18)16-9-11-8-15-5-6-21-10-11/h3-4,7,11,15-16H,5-6,8-10H2,1-2H3/t11-/m0/s1. The van der Waals surface area contributed by atoms with Crippen molar-refractivity contribution < 1.29 is 22.6 Å². The number of hydrogen-bond donors (Lipinski definition) is 2. The minimum absolute atomic E-state index is 0.0665. The minimum Gasteiger partial charge on any atom is -0.497 e. The Balaban J connectivity index is 2.12. The van der Waals surface area contributed by atoms with E-state index in [-0.39, 0.29) is 16.6 Å². The van der Waals surface area contributed by atoms with E-state index < -0.39 is 10.0 Å². The van der Waals surface area contributed by atoms with E-state index >= 15 is 0 Å². The summed E-state index contributed by atoms with van der Waals surface area (Å²) in [5, 5.41) is 3.21. The quantitative estimate of drug-likeness (QED) is 0.776. The van der Waals surface area contributed by atoms with E-state index in [0.717, 1.165) is 13.1 Å². The van der Waals surface area contributed by atoms with E-state index in [0.29, 0.717) is 25.5 Å². The highest BCUT2D eigenvalue weighted by Crippen LogP contribution is 2.28. The molecule has 7 nitrogen and oxygen atoms in total. The Kier molecular flexibility index (Phi) is 6.01. The smallest absolute Gasteiger partial charge is 0.244 e. The fourth-order valence-corrected chi connectivity index (χ4v) is 3.49. The van der Waals surface area contributed by atoms with Crippen molar-refractivity contribution in [1.82, 2.24) is 10.0 Å². The molecule has 0 saturated carbocycles. The number of hydrogen-bond acceptors (Lipinski definition) is 6. The van der Waals surface area contributed by atoms with E-state index in [2.05, 4.69) is 10.0 Å². The highest BCUT2D eigenvalue weighted by molar-refractivity contribution is 7.89. The van der Waals surface area contributed by atoms with Crippen molar-refractivity contribution in [2.75, 3.05) is 47.1 Å². The molecule has 0 unspecified atom stereocenters. The minimum atomic E-state index is -3.69. The molecule has 1 aliphatic rings. The van der Waals surface area contributed by atoms with Crippen LogP contribution >= 0.6 is 0 Å². The second kappa shape index (κ2) is 7.77. The lowest BCUT2D eigenvalue weighted by Gasteiger charge is -2.16. The molecule has 0 aliphatic carbocycles. The summed E-state index contributed by atoms with van der Waals surface area (Å²) in [7, 11) is -0.765. The van der Waals surface area contributed by atoms with Crippen LogP contribution in [-0.4, -0.2) is 55.5 Å². The van der Waals surface area contributed by atoms with Gasteiger partial charge in [0.05, 0.1) is 27.4 Å². The highest BCUT2D eigenvalue weighted by Gasteiger charge is 2.22. The van der Waals surface area contributed by atoms with Crippen molar-refractivity contribution >= 4 is 10.0 Å². The Morgan fingerprint density at radius 2 is 2.18 bits per heavy atom. The van der Waals surface area contributed by atoms with Gasteiger partial charge in [0.25, 0.3) is 0 Å². The fraction of sp³-hybridized carbons (Fsp3) is 0.571. The Bertz CT molecular complexity index is 583. The lowest BCUT2D eigenvalue weighted by molar-refractivity contribution is 0.124. The van der Waals surface area contributed by atoms with Crippen LogP contribution in [0.15, 0.2) is 23.1 Å². The monoisotopic (exact) mass is 330 g/mol. The molecule has 124 valence electrons. The van der Waals surface area contributed by atoms with Crippen LogP contribution in [0.4, 0.5) is 0 Å². The Morgan fingerprint density at radius 1 is 1.36 bits per heavy atom. The zero-order valence-electron chi connectivity index (χ0n) is 12.8. The predicted octanol–water partition coefficient (Wildman–Crippen LogP) is 0.218. The van der Waals surface area contributed by atoms with Gasteiger partial charge in [0, 0.05) is 31.6 Å². The molecule has 2 N–H and O–H groups in total. The number of ether oxygens (including phenoxy) is 3. The fourth-order valence-electron chi connectivity index (χ4n) is 2.19. The van der Waals surface area contributed by atoms with E-state index in [1.165, 1.54) is 20.3 Å². The van der Waals surface area contributed by atoms with Gasteiger partial charge in [0.1, 0.15) is 16.4 Å². The van der Waals surface area contributed by atoms with Crippen LogP contribution in [0.25, 0.3) is 0 Å². The summed E-state index contributed by atoms with van der Waals surface area (Å²) < 4.78 is 43.2. The first-order valence-electron chi connectivity index (χ1n) is 7.07. The van der Waals surface area contributed by atoms with Gasteiger partial charge < -0.3 is 19.5 Å². The third-order valence-electron chi connectivity index (χ3n) is 3.43. The second-order valence-electron chi connectivity index (χ2n) is 5.01. The Hall–Kier alpha value is -1.35. The molecule has 0 spiro atoms. The highest BCUT2D eigenvalue weighted by atomic mass is 32.2. The maximum absolute atomic E-state index is 12.5. The zero-order chi connectivity index (χ0) is 16.0. The third-order valence-corrected chi connectivity index (χ3v) is 4.88. The van der Waals surface area contributed by atoms with Crippen LogP contribution in [0.1, 0.15) is 0 Å². The van der Waals surface area contributed by atoms with Crippen LogP contribution in [0, 0.1) is 5.92 Å². The van der Waals surface area contributed by atoms with E-state index in [1.807, 2.05) is 0 Å². The summed E-state index contributed by atoms with van der Waals surface area (Å²) in [6.07, 6.45) is 0. The zero-order valence-corrected chi connectivity index (χ0v) is 13.6. The summed E-state index contributed by atoms with van der Waals surface area (Å²) in [4.78, 5) is 0.0665. The Labute approximate surface area is 131 Å². The third kappa shape index (κ3) is 4.33. The van der Waals surface area contributed by atoms with Crippen LogP contribution < -0.4 is 19.5 Å². The van der Waals surface area contributed by atoms with Crippen LogP contribution in [-0.2, 0) is 14.8 Å². The topological polar surface area (TPSA) is 85.9 Å². The lowest BCUT2D eigenvalue weighted by Crippen LogP contribution is -2.35. The Morgan fingerprint density at radius 3 is 2.91 bits per heavy atom. The lowest BCUT2D eigenvalue weighted by atomic mass is 10.2. The molecule has 1 aromatic rings. The molecule has 0 amide bonds. The number of nitrogens with one attached hydrogen (secondary N) is 2. The first kappa shape index (κ1) is 17.0. The molecule has 0 bridgehead atoms. The molecule has 1 saturated heterocycles. The van der Waals surface area contributed by atoms with Crippen molar-refractivity contribution in [3.63, 3.8) is 0 Å². The van der Waals surface area contributed by atoms with Crippen LogP contribution in [0.2, 0.25) is 0 Å². The van der Waals surface area contributed by atoms with E-state index in [4.69, 9.17) is 14.2 Å². The number of methoxy groups -OCH3 is 2. The molecule has 1 heterocycles. The average Bonchev–Trinajstić information content (AvgIpc) is 2.81. The maximum Gasteiger partial charge on any atom is 0.244 e. The molecule has 8 heteroatoms. The molecular weight excluding hydrogens is 308 g/mol. The summed E-state index contributed by atoms with van der Waals surface area (Å²) in [5.74, 6) is 0.832. The first-order valence-corrected chi connectivity index (χ1v) is 8.55. The van der Waals surface area contributed by atoms with Gasteiger partial charge in [-0.25, -0.2) is 13.1 Å². The normalized spacial score (nSPS) is 19.5. The number of rotatable bonds is 6. The molecule has 1 aromatic carbocycles. The SMILES string of the molecule is COc1ccc(OC)c(S(=O)(=O)NC[C@@H]2CNCCOC2)c1. The molecular formula is C14H22N2O5S. The molecule has 0 radical (unpaired) electrons. The van der Waals surface area contributed by atoms with Gasteiger partial charge in [0.15, 0.2) is 0 Å². The summed E-state index contributed by atoms with van der Waals surface area (Å²) >= 11 is 0. The van der Waals surface area contributed by atoms with Gasteiger partial charge in [0.2, 0.25) is 10.0 Å². The van der Waals surface area contributed by atoms with Gasteiger partial charge in [-0.15, -0.1) is 0 Å². The summed E-state index contributed by atoms with van der Waals surface area (Å²) in [6, 6.07) is 4.67. The summed E-state index contributed by atoms with van der Waals surface area (Å²) in [5.41, 5.74) is 0. The predicted molar refractivity (Wildman–Crippen MR) is 81.9 cm³/mol. The van der Waals surface area contributed by atoms with Crippen molar-refractivity contribution in [3.8, 4) is 11.5 Å². The van der Waals surface area contributed by atoms with Gasteiger partial charge in [-0.05, 0) is 12.1 Å². The molecule has 1 aliphatic heterocycles. The largest absolute Gasteiger partial charge is 0.497 e. The van der Waals surface area contributed by atoms with Crippen molar-refractivity contribution in [1.29, 1.82) is 0 Å². The second-order valence-corrected chi connectivity index (χ2v) is 6.75. The van der Waals surface area contributed by atoms with Gasteiger partial charge in [-0.3, -0.25) is 0 Å². The number of benzene rings is 1. The summed E-state index contributed by atoms with van der Waals surface area (Å²) in [6.45, 7) is 2.98. The first-order chi connectivity index (χ1) is 10.6. The maximum atomic E-state index is 12.5. The van der Waals surface area contributed by atoms with Gasteiger partial charge in [-0.2, -0.15) is 0 Å². The molecule has 0 aromatic heterocycles. The van der Waals surface area contributed by atoms with Crippen molar-refractivity contribution in [2.24, 2.45) is 5.92 Å². The number of sulfonamides is 1. The van der Waals surface area contributed by atoms with E-state index in [1.54, 1.807) is 12.1 Å². The molecule has 1 fully saturated rings. The van der Waals surface area contributed by atoms with E-state index in [9.17, 15) is 8.42 Å². The van der Waals surface area contributed by atoms with Gasteiger partial charge in [-0.1, -0.05) is 0 Å². The van der Waals surface area contributed by atoms with Crippen molar-refractivity contribution in [2.45, 2.75) is 4.90 Å². The van der Waals surface area contributed by atoms with Crippen LogP contribution in [0.3, 0.4) is 0 Å². The molecule has 2 rings (SSSR count). The molecule has 1 atom stereocenters. The van der Waals surface area contributed by atoms with Crippen molar-refractivity contribution in [3.05, 3.63) is 18.2 Å². The molecule has 22 heavy (non-hydrogen) atoms. The average molecular weight is 330 g/mol. The van der Waals surface area contributed by atoms with Gasteiger partial charge >= 0.3 is 0 Å².